The lowest BCUT2D eigenvalue weighted by Crippen LogP contribution is -2.05. The van der Waals surface area contributed by atoms with Gasteiger partial charge in [0.2, 0.25) is 11.6 Å². The molecule has 0 aliphatic carbocycles. The molecule has 6 heteroatoms. The fourth-order valence-corrected chi connectivity index (χ4v) is 0.989. The zero-order valence-corrected chi connectivity index (χ0v) is 7.01. The standard InChI is InChI=1S/C8H5F5O/c1-14-8-3(2-9)4(10)5(11)6(12)7(8)13/h2H2,1H3. The molecule has 0 fully saturated rings. The first-order valence-corrected chi connectivity index (χ1v) is 3.49. The highest BCUT2D eigenvalue weighted by molar-refractivity contribution is 5.37. The van der Waals surface area contributed by atoms with Crippen LogP contribution in [-0.2, 0) is 6.67 Å². The molecule has 1 nitrogen and oxygen atoms in total. The summed E-state index contributed by atoms with van der Waals surface area (Å²) in [4.78, 5) is 0. The Morgan fingerprint density at radius 1 is 0.929 bits per heavy atom. The fourth-order valence-electron chi connectivity index (χ4n) is 0.989. The summed E-state index contributed by atoms with van der Waals surface area (Å²) in [5, 5.41) is 0. The van der Waals surface area contributed by atoms with Crippen LogP contribution in [0.25, 0.3) is 0 Å². The van der Waals surface area contributed by atoms with Crippen molar-refractivity contribution in [2.24, 2.45) is 0 Å². The highest BCUT2D eigenvalue weighted by atomic mass is 19.2. The Hall–Kier alpha value is -1.33. The Morgan fingerprint density at radius 2 is 1.43 bits per heavy atom. The Bertz CT molecular complexity index is 328. The van der Waals surface area contributed by atoms with Crippen molar-refractivity contribution in [2.75, 3.05) is 7.11 Å². The maximum absolute atomic E-state index is 12.8. The number of alkyl halides is 1. The van der Waals surface area contributed by atoms with Crippen LogP contribution in [0.4, 0.5) is 22.0 Å². The van der Waals surface area contributed by atoms with Gasteiger partial charge in [0.05, 0.1) is 12.7 Å². The van der Waals surface area contributed by atoms with Gasteiger partial charge in [-0.15, -0.1) is 0 Å². The second kappa shape index (κ2) is 3.81. The first-order chi connectivity index (χ1) is 6.54. The van der Waals surface area contributed by atoms with Crippen LogP contribution >= 0.6 is 0 Å². The summed E-state index contributed by atoms with van der Waals surface area (Å²) in [7, 11) is 0.897. The van der Waals surface area contributed by atoms with Crippen molar-refractivity contribution in [3.63, 3.8) is 0 Å². The molecule has 0 atom stereocenters. The highest BCUT2D eigenvalue weighted by Gasteiger charge is 2.25. The van der Waals surface area contributed by atoms with Gasteiger partial charge in [-0.3, -0.25) is 0 Å². The van der Waals surface area contributed by atoms with Gasteiger partial charge in [0, 0.05) is 0 Å². The molecule has 0 spiro atoms. The van der Waals surface area contributed by atoms with Gasteiger partial charge in [0.1, 0.15) is 6.67 Å². The molecule has 0 N–H and O–H groups in total. The molecule has 14 heavy (non-hydrogen) atoms. The fraction of sp³-hybridized carbons (Fsp3) is 0.250. The van der Waals surface area contributed by atoms with Gasteiger partial charge in [-0.1, -0.05) is 0 Å². The Balaban J connectivity index is 3.57. The number of hydrogen-bond acceptors (Lipinski definition) is 1. The molecule has 0 bridgehead atoms. The molecule has 0 amide bonds. The van der Waals surface area contributed by atoms with Crippen LogP contribution in [-0.4, -0.2) is 7.11 Å². The van der Waals surface area contributed by atoms with E-state index in [9.17, 15) is 22.0 Å². The van der Waals surface area contributed by atoms with E-state index in [0.29, 0.717) is 0 Å². The van der Waals surface area contributed by atoms with Crippen LogP contribution in [0.15, 0.2) is 0 Å². The quantitative estimate of drug-likeness (QED) is 0.416. The largest absolute Gasteiger partial charge is 0.493 e. The molecular weight excluding hydrogens is 207 g/mol. The lowest BCUT2D eigenvalue weighted by atomic mass is 10.2. The van der Waals surface area contributed by atoms with Crippen molar-refractivity contribution < 1.29 is 26.7 Å². The molecule has 0 saturated carbocycles. The van der Waals surface area contributed by atoms with Crippen LogP contribution in [0.2, 0.25) is 0 Å². The Morgan fingerprint density at radius 3 is 1.86 bits per heavy atom. The molecule has 1 rings (SSSR count). The maximum atomic E-state index is 12.8. The van der Waals surface area contributed by atoms with Gasteiger partial charge < -0.3 is 4.74 Å². The zero-order valence-electron chi connectivity index (χ0n) is 7.01. The van der Waals surface area contributed by atoms with Crippen molar-refractivity contribution in [1.82, 2.24) is 0 Å². The van der Waals surface area contributed by atoms with E-state index in [-0.39, 0.29) is 0 Å². The zero-order chi connectivity index (χ0) is 10.9. The molecule has 78 valence electrons. The van der Waals surface area contributed by atoms with Crippen molar-refractivity contribution in [1.29, 1.82) is 0 Å². The van der Waals surface area contributed by atoms with Crippen molar-refractivity contribution in [3.05, 3.63) is 28.8 Å². The van der Waals surface area contributed by atoms with E-state index in [1.54, 1.807) is 0 Å². The number of methoxy groups -OCH3 is 1. The smallest absolute Gasteiger partial charge is 0.204 e. The van der Waals surface area contributed by atoms with Gasteiger partial charge in [-0.2, -0.15) is 4.39 Å². The van der Waals surface area contributed by atoms with Gasteiger partial charge >= 0.3 is 0 Å². The number of benzene rings is 1. The number of rotatable bonds is 2. The van der Waals surface area contributed by atoms with Crippen molar-refractivity contribution in [2.45, 2.75) is 6.67 Å². The summed E-state index contributed by atoms with van der Waals surface area (Å²) < 4.78 is 67.1. The average Bonchev–Trinajstić information content (AvgIpc) is 2.20. The van der Waals surface area contributed by atoms with E-state index in [2.05, 4.69) is 4.74 Å². The minimum atomic E-state index is -2.05. The average molecular weight is 212 g/mol. The predicted octanol–water partition coefficient (Wildman–Crippen LogP) is 2.72. The van der Waals surface area contributed by atoms with Crippen LogP contribution in [0.1, 0.15) is 5.56 Å². The van der Waals surface area contributed by atoms with Crippen molar-refractivity contribution in [3.8, 4) is 5.75 Å². The second-order valence-corrected chi connectivity index (χ2v) is 2.40. The summed E-state index contributed by atoms with van der Waals surface area (Å²) in [5.41, 5.74) is -0.969. The Kier molecular flexibility index (Phi) is 2.93. The lowest BCUT2D eigenvalue weighted by molar-refractivity contribution is 0.326. The molecule has 0 aliphatic heterocycles. The minimum absolute atomic E-state index is 0.897. The van der Waals surface area contributed by atoms with E-state index in [0.717, 1.165) is 7.11 Å². The third kappa shape index (κ3) is 1.40. The van der Waals surface area contributed by atoms with Crippen LogP contribution in [0.5, 0.6) is 5.75 Å². The minimum Gasteiger partial charge on any atom is -0.493 e. The predicted molar refractivity (Wildman–Crippen MR) is 37.6 cm³/mol. The van der Waals surface area contributed by atoms with Crippen LogP contribution in [0.3, 0.4) is 0 Å². The molecule has 0 unspecified atom stereocenters. The first kappa shape index (κ1) is 10.7. The first-order valence-electron chi connectivity index (χ1n) is 3.49. The highest BCUT2D eigenvalue weighted by Crippen LogP contribution is 2.30. The monoisotopic (exact) mass is 212 g/mol. The maximum Gasteiger partial charge on any atom is 0.204 e. The number of halogens is 5. The molecule has 1 aromatic carbocycles. The van der Waals surface area contributed by atoms with Crippen molar-refractivity contribution >= 4 is 0 Å². The van der Waals surface area contributed by atoms with Gasteiger partial charge in [0.25, 0.3) is 0 Å². The number of hydrogen-bond donors (Lipinski definition) is 0. The second-order valence-electron chi connectivity index (χ2n) is 2.40. The van der Waals surface area contributed by atoms with Gasteiger partial charge in [-0.05, 0) is 0 Å². The van der Waals surface area contributed by atoms with E-state index in [1.807, 2.05) is 0 Å². The molecule has 0 radical (unpaired) electrons. The summed E-state index contributed by atoms with van der Waals surface area (Å²) in [6.07, 6.45) is 0. The van der Waals surface area contributed by atoms with Crippen LogP contribution in [0, 0.1) is 23.3 Å². The number of ether oxygens (including phenoxy) is 1. The normalized spacial score (nSPS) is 10.4. The molecular formula is C8H5F5O. The molecule has 0 aromatic heterocycles. The third-order valence-corrected chi connectivity index (χ3v) is 1.65. The van der Waals surface area contributed by atoms with Gasteiger partial charge in [0.15, 0.2) is 17.4 Å². The summed E-state index contributed by atoms with van der Waals surface area (Å²) in [5.74, 6) is -8.53. The summed E-state index contributed by atoms with van der Waals surface area (Å²) in [6.45, 7) is -1.48. The van der Waals surface area contributed by atoms with Gasteiger partial charge in [-0.25, -0.2) is 17.6 Å². The lowest BCUT2D eigenvalue weighted by Gasteiger charge is -2.09. The SMILES string of the molecule is COc1c(F)c(F)c(F)c(F)c1CF. The Labute approximate surface area is 76.1 Å². The molecule has 0 saturated heterocycles. The third-order valence-electron chi connectivity index (χ3n) is 1.65. The molecule has 0 aliphatic rings. The van der Waals surface area contributed by atoms with E-state index < -0.39 is 41.3 Å². The summed E-state index contributed by atoms with van der Waals surface area (Å²) >= 11 is 0. The van der Waals surface area contributed by atoms with E-state index in [4.69, 9.17) is 0 Å². The van der Waals surface area contributed by atoms with E-state index in [1.165, 1.54) is 0 Å². The van der Waals surface area contributed by atoms with E-state index >= 15 is 0 Å². The van der Waals surface area contributed by atoms with Crippen LogP contribution < -0.4 is 4.74 Å². The summed E-state index contributed by atoms with van der Waals surface area (Å²) in [6, 6.07) is 0. The topological polar surface area (TPSA) is 9.23 Å². The molecule has 1 aromatic rings. The molecule has 0 heterocycles.